The summed E-state index contributed by atoms with van der Waals surface area (Å²) in [4.78, 5) is 2.18. The third-order valence-electron chi connectivity index (χ3n) is 3.69. The van der Waals surface area contributed by atoms with Gasteiger partial charge in [0.1, 0.15) is 11.5 Å². The molecule has 1 heterocycles. The summed E-state index contributed by atoms with van der Waals surface area (Å²) >= 11 is 0. The van der Waals surface area contributed by atoms with Gasteiger partial charge in [-0.2, -0.15) is 0 Å². The first-order valence-electron chi connectivity index (χ1n) is 7.34. The number of ether oxygens (including phenoxy) is 1. The fourth-order valence-electron chi connectivity index (χ4n) is 2.59. The Kier molecular flexibility index (Phi) is 4.07. The molecule has 0 spiro atoms. The summed E-state index contributed by atoms with van der Waals surface area (Å²) in [6, 6.07) is 17.6. The van der Waals surface area contributed by atoms with Crippen molar-refractivity contribution < 1.29 is 4.74 Å². The van der Waals surface area contributed by atoms with Gasteiger partial charge in [0.25, 0.3) is 0 Å². The molecule has 3 rings (SSSR count). The Balaban J connectivity index is 1.99. The van der Waals surface area contributed by atoms with Gasteiger partial charge >= 0.3 is 0 Å². The summed E-state index contributed by atoms with van der Waals surface area (Å²) in [5, 5.41) is 0. The minimum atomic E-state index is 0.897. The number of hydrogen-bond donors (Lipinski definition) is 0. The van der Waals surface area contributed by atoms with E-state index in [2.05, 4.69) is 55.4 Å². The lowest BCUT2D eigenvalue weighted by molar-refractivity contribution is 0.415. The molecule has 21 heavy (non-hydrogen) atoms. The van der Waals surface area contributed by atoms with Gasteiger partial charge < -0.3 is 9.64 Å². The van der Waals surface area contributed by atoms with Crippen molar-refractivity contribution in [3.63, 3.8) is 0 Å². The Bertz CT molecular complexity index is 658. The maximum Gasteiger partial charge on any atom is 0.131 e. The average Bonchev–Trinajstić information content (AvgIpc) is 2.63. The lowest BCUT2D eigenvalue weighted by Crippen LogP contribution is -2.12. The van der Waals surface area contributed by atoms with Crippen molar-refractivity contribution >= 4 is 5.76 Å². The first kappa shape index (κ1) is 13.9. The Morgan fingerprint density at radius 1 is 1.19 bits per heavy atom. The molecular weight excluding hydrogens is 258 g/mol. The lowest BCUT2D eigenvalue weighted by atomic mass is 9.99. The molecule has 2 nitrogen and oxygen atoms in total. The first-order chi connectivity index (χ1) is 10.2. The van der Waals surface area contributed by atoms with Crippen molar-refractivity contribution in [2.24, 2.45) is 0 Å². The van der Waals surface area contributed by atoms with Gasteiger partial charge in [0.2, 0.25) is 0 Å². The van der Waals surface area contributed by atoms with Crippen LogP contribution in [0.25, 0.3) is 5.76 Å². The predicted molar refractivity (Wildman–Crippen MR) is 86.3 cm³/mol. The maximum absolute atomic E-state index is 6.19. The molecular formula is C19H20NO. The second-order valence-electron chi connectivity index (χ2n) is 5.63. The molecule has 1 radical (unpaired) electrons. The smallest absolute Gasteiger partial charge is 0.131 e. The van der Waals surface area contributed by atoms with Gasteiger partial charge in [-0.3, -0.25) is 0 Å². The van der Waals surface area contributed by atoms with E-state index < -0.39 is 0 Å². The average molecular weight is 278 g/mol. The van der Waals surface area contributed by atoms with Crippen LogP contribution >= 0.6 is 0 Å². The molecule has 0 saturated carbocycles. The monoisotopic (exact) mass is 278 g/mol. The highest BCUT2D eigenvalue weighted by atomic mass is 16.5. The fraction of sp³-hybridized carbons (Fsp3) is 0.263. The normalized spacial score (nSPS) is 15.3. The molecule has 0 N–H and O–H groups in total. The zero-order valence-electron chi connectivity index (χ0n) is 12.6. The van der Waals surface area contributed by atoms with Crippen molar-refractivity contribution in [2.45, 2.75) is 12.8 Å². The molecule has 0 amide bonds. The van der Waals surface area contributed by atoms with Crippen LogP contribution in [0.15, 0.2) is 48.5 Å². The van der Waals surface area contributed by atoms with Crippen molar-refractivity contribution in [1.29, 1.82) is 0 Å². The van der Waals surface area contributed by atoms with Gasteiger partial charge in [-0.25, -0.2) is 0 Å². The molecule has 0 unspecified atom stereocenters. The molecule has 107 valence electrons. The molecule has 0 atom stereocenters. The lowest BCUT2D eigenvalue weighted by Gasteiger charge is -2.12. The summed E-state index contributed by atoms with van der Waals surface area (Å²) in [6.45, 7) is 1.02. The Labute approximate surface area is 126 Å². The molecule has 0 bridgehead atoms. The highest BCUT2D eigenvalue weighted by Crippen LogP contribution is 2.33. The molecule has 0 aliphatic carbocycles. The SMILES string of the molecule is CN(C)CC/C=C1\Oc2cc[c]cc2Cc2ccccc21. The summed E-state index contributed by atoms with van der Waals surface area (Å²) in [7, 11) is 4.18. The summed E-state index contributed by atoms with van der Waals surface area (Å²) in [5.41, 5.74) is 3.71. The second kappa shape index (κ2) is 6.15. The van der Waals surface area contributed by atoms with Crippen molar-refractivity contribution in [1.82, 2.24) is 4.90 Å². The van der Waals surface area contributed by atoms with Gasteiger partial charge in [0.05, 0.1) is 0 Å². The quantitative estimate of drug-likeness (QED) is 0.847. The highest BCUT2D eigenvalue weighted by molar-refractivity contribution is 5.68. The minimum absolute atomic E-state index is 0.897. The zero-order chi connectivity index (χ0) is 14.7. The number of fused-ring (bicyclic) bond motifs is 2. The van der Waals surface area contributed by atoms with Crippen LogP contribution in [0.5, 0.6) is 5.75 Å². The number of rotatable bonds is 3. The van der Waals surface area contributed by atoms with Gasteiger partial charge in [0.15, 0.2) is 0 Å². The van der Waals surface area contributed by atoms with E-state index in [-0.39, 0.29) is 0 Å². The highest BCUT2D eigenvalue weighted by Gasteiger charge is 2.17. The van der Waals surface area contributed by atoms with E-state index in [1.54, 1.807) is 0 Å². The van der Waals surface area contributed by atoms with Crippen LogP contribution in [0.1, 0.15) is 23.1 Å². The molecule has 0 fully saturated rings. The largest absolute Gasteiger partial charge is 0.457 e. The topological polar surface area (TPSA) is 12.5 Å². The van der Waals surface area contributed by atoms with Gasteiger partial charge in [0, 0.05) is 18.5 Å². The molecule has 0 aromatic heterocycles. The van der Waals surface area contributed by atoms with E-state index in [9.17, 15) is 0 Å². The first-order valence-corrected chi connectivity index (χ1v) is 7.34. The molecule has 2 heteroatoms. The maximum atomic E-state index is 6.19. The number of benzene rings is 2. The third-order valence-corrected chi connectivity index (χ3v) is 3.69. The van der Waals surface area contributed by atoms with Crippen LogP contribution in [0.2, 0.25) is 0 Å². The Morgan fingerprint density at radius 2 is 2.05 bits per heavy atom. The predicted octanol–water partition coefficient (Wildman–Crippen LogP) is 3.76. The Morgan fingerprint density at radius 3 is 2.90 bits per heavy atom. The third kappa shape index (κ3) is 3.17. The van der Waals surface area contributed by atoms with Gasteiger partial charge in [-0.05, 0) is 55.9 Å². The molecule has 1 aliphatic rings. The minimum Gasteiger partial charge on any atom is -0.457 e. The van der Waals surface area contributed by atoms with E-state index in [4.69, 9.17) is 4.74 Å². The molecule has 2 aromatic carbocycles. The summed E-state index contributed by atoms with van der Waals surface area (Å²) in [5.74, 6) is 1.92. The summed E-state index contributed by atoms with van der Waals surface area (Å²) in [6.07, 6.45) is 4.07. The number of hydrogen-bond acceptors (Lipinski definition) is 2. The standard InChI is InChI=1S/C19H20NO/c1-20(2)13-7-12-19-17-10-5-3-8-15(17)14-16-9-4-6-11-18(16)21-19/h3,5-6,8-12H,7,13-14H2,1-2H3/b19-12-. The van der Waals surface area contributed by atoms with Gasteiger partial charge in [-0.1, -0.05) is 30.3 Å². The van der Waals surface area contributed by atoms with Crippen molar-refractivity contribution in [2.75, 3.05) is 20.6 Å². The van der Waals surface area contributed by atoms with E-state index in [0.717, 1.165) is 30.9 Å². The van der Waals surface area contributed by atoms with Crippen LogP contribution in [0.4, 0.5) is 0 Å². The van der Waals surface area contributed by atoms with Crippen LogP contribution in [0, 0.1) is 6.07 Å². The number of nitrogens with zero attached hydrogens (tertiary/aromatic N) is 1. The Hall–Kier alpha value is -2.06. The molecule has 1 aliphatic heterocycles. The van der Waals surface area contributed by atoms with Crippen LogP contribution < -0.4 is 4.74 Å². The molecule has 0 saturated heterocycles. The van der Waals surface area contributed by atoms with Crippen LogP contribution in [0.3, 0.4) is 0 Å². The fourth-order valence-corrected chi connectivity index (χ4v) is 2.59. The van der Waals surface area contributed by atoms with Crippen LogP contribution in [-0.4, -0.2) is 25.5 Å². The second-order valence-corrected chi connectivity index (χ2v) is 5.63. The van der Waals surface area contributed by atoms with E-state index >= 15 is 0 Å². The van der Waals surface area contributed by atoms with Crippen molar-refractivity contribution in [3.05, 3.63) is 71.3 Å². The van der Waals surface area contributed by atoms with E-state index in [1.807, 2.05) is 18.2 Å². The van der Waals surface area contributed by atoms with Gasteiger partial charge in [-0.15, -0.1) is 0 Å². The van der Waals surface area contributed by atoms with Crippen molar-refractivity contribution in [3.8, 4) is 5.75 Å². The van der Waals surface area contributed by atoms with Crippen LogP contribution in [-0.2, 0) is 6.42 Å². The zero-order valence-corrected chi connectivity index (χ0v) is 12.6. The summed E-state index contributed by atoms with van der Waals surface area (Å²) < 4.78 is 6.19. The van der Waals surface area contributed by atoms with E-state index in [1.165, 1.54) is 16.7 Å². The van der Waals surface area contributed by atoms with E-state index in [0.29, 0.717) is 0 Å². The molecule has 2 aromatic rings.